The quantitative estimate of drug-likeness (QED) is 0.315. The zero-order valence-electron chi connectivity index (χ0n) is 18.3. The highest BCUT2D eigenvalue weighted by Gasteiger charge is 2.31. The van der Waals surface area contributed by atoms with Gasteiger partial charge < -0.3 is 19.8 Å². The first-order valence-electron chi connectivity index (χ1n) is 10.4. The molecule has 0 bridgehead atoms. The van der Waals surface area contributed by atoms with E-state index in [2.05, 4.69) is 21.2 Å². The summed E-state index contributed by atoms with van der Waals surface area (Å²) in [5, 5.41) is 3.21. The fourth-order valence-electron chi connectivity index (χ4n) is 3.76. The van der Waals surface area contributed by atoms with E-state index < -0.39 is 5.92 Å². The van der Waals surface area contributed by atoms with Gasteiger partial charge in [-0.05, 0) is 35.7 Å². The van der Waals surface area contributed by atoms with Crippen LogP contribution in [-0.4, -0.2) is 29.6 Å². The molecule has 2 heterocycles. The molecule has 8 heteroatoms. The molecule has 1 aromatic heterocycles. The molecule has 2 aromatic carbocycles. The summed E-state index contributed by atoms with van der Waals surface area (Å²) >= 11 is 1.42. The van der Waals surface area contributed by atoms with Gasteiger partial charge in [-0.15, -0.1) is 6.42 Å². The Balaban J connectivity index is 1.65. The average Bonchev–Trinajstić information content (AvgIpc) is 2.81. The molecule has 0 saturated carbocycles. The lowest BCUT2D eigenvalue weighted by Gasteiger charge is -2.25. The van der Waals surface area contributed by atoms with Crippen LogP contribution in [-0.2, 0) is 10.5 Å². The second kappa shape index (κ2) is 9.84. The van der Waals surface area contributed by atoms with E-state index in [1.165, 1.54) is 24.4 Å². The Labute approximate surface area is 195 Å². The number of H-pyrrole nitrogens is 1. The number of nitrogens with one attached hydrogen (secondary N) is 2. The lowest BCUT2D eigenvalue weighted by molar-refractivity contribution is -0.116. The van der Waals surface area contributed by atoms with Crippen LogP contribution >= 0.6 is 11.8 Å². The van der Waals surface area contributed by atoms with Crippen molar-refractivity contribution in [2.24, 2.45) is 0 Å². The third kappa shape index (κ3) is 4.89. The fraction of sp³-hybridized carbons (Fsp3) is 0.240. The van der Waals surface area contributed by atoms with Crippen molar-refractivity contribution >= 4 is 23.5 Å². The van der Waals surface area contributed by atoms with Crippen LogP contribution in [0.2, 0.25) is 0 Å². The Morgan fingerprint density at radius 3 is 2.79 bits per heavy atom. The largest absolute Gasteiger partial charge is 0.493 e. The van der Waals surface area contributed by atoms with Gasteiger partial charge in [0.2, 0.25) is 5.91 Å². The zero-order chi connectivity index (χ0) is 23.4. The molecular formula is C25H23N3O4S. The van der Waals surface area contributed by atoms with E-state index in [0.717, 1.165) is 11.1 Å². The van der Waals surface area contributed by atoms with Crippen molar-refractivity contribution < 1.29 is 14.3 Å². The Kier molecular flexibility index (Phi) is 6.71. The van der Waals surface area contributed by atoms with Crippen LogP contribution < -0.4 is 20.3 Å². The topological polar surface area (TPSA) is 93.3 Å². The first-order valence-corrected chi connectivity index (χ1v) is 11.3. The summed E-state index contributed by atoms with van der Waals surface area (Å²) in [6.45, 7) is 2.15. The van der Waals surface area contributed by atoms with Gasteiger partial charge in [-0.3, -0.25) is 9.59 Å². The number of thioether (sulfide) groups is 1. The number of hydrogen-bond donors (Lipinski definition) is 2. The molecule has 0 aliphatic carbocycles. The minimum atomic E-state index is -0.462. The number of terminal acetylenes is 1. The van der Waals surface area contributed by atoms with Gasteiger partial charge in [0.05, 0.1) is 12.7 Å². The molecule has 4 rings (SSSR count). The van der Waals surface area contributed by atoms with E-state index in [1.807, 2.05) is 37.3 Å². The van der Waals surface area contributed by atoms with E-state index in [9.17, 15) is 9.59 Å². The standard InChI is InChI=1S/C25H23N3O4S/c1-4-11-32-19-10-9-16(12-20(19)31-3)18-13-21(29)26-23-22(18)24(30)28-25(27-23)33-14-17-8-6-5-7-15(17)2/h1,5-10,12,18H,11,13-14H2,2-3H3,(H2,26,27,28,29,30)/t18-/m1/s1. The number of benzene rings is 2. The van der Waals surface area contributed by atoms with Crippen molar-refractivity contribution in [3.8, 4) is 23.8 Å². The number of carbonyl (C=O) groups excluding carboxylic acids is 1. The summed E-state index contributed by atoms with van der Waals surface area (Å²) in [6.07, 6.45) is 5.39. The van der Waals surface area contributed by atoms with Crippen LogP contribution in [0.4, 0.5) is 5.82 Å². The molecule has 0 fully saturated rings. The van der Waals surface area contributed by atoms with Gasteiger partial charge in [-0.25, -0.2) is 4.98 Å². The van der Waals surface area contributed by atoms with E-state index in [4.69, 9.17) is 15.9 Å². The van der Waals surface area contributed by atoms with Gasteiger partial charge in [0, 0.05) is 18.1 Å². The van der Waals surface area contributed by atoms with Gasteiger partial charge in [-0.2, -0.15) is 0 Å². The van der Waals surface area contributed by atoms with Crippen LogP contribution in [0.5, 0.6) is 11.5 Å². The molecule has 1 atom stereocenters. The maximum Gasteiger partial charge on any atom is 0.257 e. The molecule has 0 spiro atoms. The lowest BCUT2D eigenvalue weighted by atomic mass is 9.86. The molecule has 1 aliphatic rings. The highest BCUT2D eigenvalue weighted by Crippen LogP contribution is 2.38. The minimum Gasteiger partial charge on any atom is -0.493 e. The van der Waals surface area contributed by atoms with E-state index >= 15 is 0 Å². The third-order valence-electron chi connectivity index (χ3n) is 5.46. The number of ether oxygens (including phenoxy) is 2. The smallest absolute Gasteiger partial charge is 0.257 e. The summed E-state index contributed by atoms with van der Waals surface area (Å²) in [7, 11) is 1.52. The molecule has 0 radical (unpaired) electrons. The summed E-state index contributed by atoms with van der Waals surface area (Å²) in [4.78, 5) is 33.0. The Morgan fingerprint density at radius 1 is 1.21 bits per heavy atom. The molecular weight excluding hydrogens is 438 g/mol. The van der Waals surface area contributed by atoms with Gasteiger partial charge in [0.1, 0.15) is 12.4 Å². The van der Waals surface area contributed by atoms with Crippen molar-refractivity contribution in [1.82, 2.24) is 9.97 Å². The summed E-state index contributed by atoms with van der Waals surface area (Å²) < 4.78 is 10.9. The summed E-state index contributed by atoms with van der Waals surface area (Å²) in [5.41, 5.74) is 3.23. The number of aromatic nitrogens is 2. The SMILES string of the molecule is C#CCOc1ccc([C@H]2CC(=O)Nc3nc(SCc4ccccc4C)[nH]c(=O)c32)cc1OC. The number of aromatic amines is 1. The normalized spacial score (nSPS) is 14.7. The number of fused-ring (bicyclic) bond motifs is 1. The predicted octanol–water partition coefficient (Wildman–Crippen LogP) is 3.87. The van der Waals surface area contributed by atoms with Crippen molar-refractivity contribution in [2.75, 3.05) is 19.0 Å². The molecule has 1 amide bonds. The number of carbonyl (C=O) groups is 1. The van der Waals surface area contributed by atoms with Gasteiger partial charge >= 0.3 is 0 Å². The Bertz CT molecular complexity index is 1300. The molecule has 7 nitrogen and oxygen atoms in total. The van der Waals surface area contributed by atoms with Crippen LogP contribution in [0.15, 0.2) is 52.4 Å². The number of nitrogens with zero attached hydrogens (tertiary/aromatic N) is 1. The Hall–Kier alpha value is -3.70. The first-order chi connectivity index (χ1) is 16.0. The fourth-order valence-corrected chi connectivity index (χ4v) is 4.70. The highest BCUT2D eigenvalue weighted by molar-refractivity contribution is 7.98. The van der Waals surface area contributed by atoms with Crippen LogP contribution in [0.25, 0.3) is 0 Å². The maximum atomic E-state index is 13.1. The van der Waals surface area contributed by atoms with Crippen LogP contribution in [0.3, 0.4) is 0 Å². The maximum absolute atomic E-state index is 13.1. The number of methoxy groups -OCH3 is 1. The molecule has 33 heavy (non-hydrogen) atoms. The van der Waals surface area contributed by atoms with Crippen molar-refractivity contribution in [3.63, 3.8) is 0 Å². The summed E-state index contributed by atoms with van der Waals surface area (Å²) in [5.74, 6) is 3.67. The number of rotatable bonds is 7. The molecule has 3 aromatic rings. The molecule has 0 unspecified atom stereocenters. The lowest BCUT2D eigenvalue weighted by Crippen LogP contribution is -2.31. The summed E-state index contributed by atoms with van der Waals surface area (Å²) in [6, 6.07) is 13.4. The second-order valence-corrected chi connectivity index (χ2v) is 8.52. The second-order valence-electron chi connectivity index (χ2n) is 7.56. The molecule has 2 N–H and O–H groups in total. The number of hydrogen-bond acceptors (Lipinski definition) is 6. The Morgan fingerprint density at radius 2 is 2.03 bits per heavy atom. The highest BCUT2D eigenvalue weighted by atomic mass is 32.2. The number of amides is 1. The van der Waals surface area contributed by atoms with Crippen LogP contribution in [0.1, 0.15) is 34.6 Å². The van der Waals surface area contributed by atoms with E-state index in [-0.39, 0.29) is 24.5 Å². The van der Waals surface area contributed by atoms with E-state index in [0.29, 0.717) is 33.8 Å². The van der Waals surface area contributed by atoms with E-state index in [1.54, 1.807) is 12.1 Å². The van der Waals surface area contributed by atoms with Crippen molar-refractivity contribution in [3.05, 3.63) is 75.1 Å². The van der Waals surface area contributed by atoms with Crippen LogP contribution in [0, 0.1) is 19.3 Å². The monoisotopic (exact) mass is 461 g/mol. The third-order valence-corrected chi connectivity index (χ3v) is 6.38. The number of aryl methyl sites for hydroxylation is 1. The van der Waals surface area contributed by atoms with Crippen molar-refractivity contribution in [1.29, 1.82) is 0 Å². The average molecular weight is 462 g/mol. The molecule has 168 valence electrons. The predicted molar refractivity (Wildman–Crippen MR) is 128 cm³/mol. The van der Waals surface area contributed by atoms with Crippen molar-refractivity contribution in [2.45, 2.75) is 30.2 Å². The van der Waals surface area contributed by atoms with Gasteiger partial charge in [0.15, 0.2) is 16.7 Å². The minimum absolute atomic E-state index is 0.108. The molecule has 0 saturated heterocycles. The van der Waals surface area contributed by atoms with Gasteiger partial charge in [0.25, 0.3) is 5.56 Å². The number of anilines is 1. The van der Waals surface area contributed by atoms with Gasteiger partial charge in [-0.1, -0.05) is 48.0 Å². The zero-order valence-corrected chi connectivity index (χ0v) is 19.1. The molecule has 1 aliphatic heterocycles. The first kappa shape index (κ1) is 22.5.